The van der Waals surface area contributed by atoms with Gasteiger partial charge < -0.3 is 24.4 Å². The van der Waals surface area contributed by atoms with Crippen LogP contribution in [0.1, 0.15) is 22.3 Å². The highest BCUT2D eigenvalue weighted by Crippen LogP contribution is 2.32. The summed E-state index contributed by atoms with van der Waals surface area (Å²) in [7, 11) is 1.57. The van der Waals surface area contributed by atoms with E-state index in [0.717, 1.165) is 27.2 Å². The first-order valence-electron chi connectivity index (χ1n) is 12.8. The van der Waals surface area contributed by atoms with Gasteiger partial charge in [0.05, 0.1) is 26.7 Å². The minimum absolute atomic E-state index is 0.0148. The van der Waals surface area contributed by atoms with Gasteiger partial charge >= 0.3 is 6.03 Å². The van der Waals surface area contributed by atoms with Crippen LogP contribution in [0.15, 0.2) is 79.3 Å². The standard InChI is InChI=1S/C30H30N4O6/c1-20-15-31-12-11-26(20)40-21(2)30(18-33-16-23-9-10-25(38-3)13-24(23)14-27(33)35)28(36)34(29(37)32-30)19-39-17-22-7-5-4-6-8-22/h4-13,15H,2,14,16-19H2,1,3H3,(H,32,37)/t30-/m0/s1. The molecule has 3 heterocycles. The summed E-state index contributed by atoms with van der Waals surface area (Å²) in [5.74, 6) is 0.265. The third-order valence-corrected chi connectivity index (χ3v) is 7.08. The number of methoxy groups -OCH3 is 1. The molecule has 3 aromatic rings. The van der Waals surface area contributed by atoms with Crippen LogP contribution < -0.4 is 14.8 Å². The number of carbonyl (C=O) groups excluding carboxylic acids is 3. The van der Waals surface area contributed by atoms with Crippen molar-refractivity contribution in [1.29, 1.82) is 0 Å². The van der Waals surface area contributed by atoms with E-state index in [4.69, 9.17) is 14.2 Å². The summed E-state index contributed by atoms with van der Waals surface area (Å²) >= 11 is 0. The van der Waals surface area contributed by atoms with Gasteiger partial charge in [-0.15, -0.1) is 0 Å². The minimum Gasteiger partial charge on any atom is -0.497 e. The van der Waals surface area contributed by atoms with Crippen LogP contribution >= 0.6 is 0 Å². The van der Waals surface area contributed by atoms with Crippen molar-refractivity contribution in [1.82, 2.24) is 20.1 Å². The van der Waals surface area contributed by atoms with E-state index >= 15 is 0 Å². The van der Waals surface area contributed by atoms with Crippen LogP contribution in [0.4, 0.5) is 4.79 Å². The number of fused-ring (bicyclic) bond motifs is 1. The number of aryl methyl sites for hydroxylation is 1. The molecule has 0 saturated carbocycles. The number of pyridine rings is 1. The maximum absolute atomic E-state index is 14.0. The normalized spacial score (nSPS) is 18.4. The van der Waals surface area contributed by atoms with Crippen LogP contribution in [0, 0.1) is 6.92 Å². The molecular weight excluding hydrogens is 512 g/mol. The van der Waals surface area contributed by atoms with E-state index in [0.29, 0.717) is 11.5 Å². The predicted molar refractivity (Wildman–Crippen MR) is 145 cm³/mol. The van der Waals surface area contributed by atoms with Gasteiger partial charge in [0.15, 0.2) is 5.54 Å². The van der Waals surface area contributed by atoms with Gasteiger partial charge in [-0.05, 0) is 41.8 Å². The summed E-state index contributed by atoms with van der Waals surface area (Å²) in [6, 6.07) is 16.0. The number of aromatic nitrogens is 1. The molecule has 0 unspecified atom stereocenters. The van der Waals surface area contributed by atoms with Crippen molar-refractivity contribution >= 4 is 17.8 Å². The monoisotopic (exact) mass is 542 g/mol. The minimum atomic E-state index is -1.73. The van der Waals surface area contributed by atoms with Crippen LogP contribution in [0.3, 0.4) is 0 Å². The lowest BCUT2D eigenvalue weighted by molar-refractivity contribution is -0.138. The molecule has 1 aromatic heterocycles. The van der Waals surface area contributed by atoms with Crippen LogP contribution in [0.25, 0.3) is 0 Å². The van der Waals surface area contributed by atoms with Gasteiger partial charge in [-0.3, -0.25) is 14.6 Å². The topological polar surface area (TPSA) is 110 Å². The second kappa shape index (κ2) is 11.2. The number of amides is 4. The Morgan fingerprint density at radius 2 is 1.90 bits per heavy atom. The molecule has 4 amide bonds. The van der Waals surface area contributed by atoms with Gasteiger partial charge in [-0.2, -0.15) is 0 Å². The lowest BCUT2D eigenvalue weighted by Gasteiger charge is -2.36. The summed E-state index contributed by atoms with van der Waals surface area (Å²) < 4.78 is 17.1. The number of ether oxygens (including phenoxy) is 3. The first-order valence-corrected chi connectivity index (χ1v) is 12.8. The fourth-order valence-corrected chi connectivity index (χ4v) is 4.80. The van der Waals surface area contributed by atoms with Crippen LogP contribution in [0.2, 0.25) is 0 Å². The highest BCUT2D eigenvalue weighted by atomic mass is 16.5. The molecule has 1 fully saturated rings. The molecule has 2 aromatic carbocycles. The second-order valence-electron chi connectivity index (χ2n) is 9.76. The zero-order valence-corrected chi connectivity index (χ0v) is 22.4. The molecule has 0 bridgehead atoms. The van der Waals surface area contributed by atoms with Crippen LogP contribution in [-0.2, 0) is 33.9 Å². The van der Waals surface area contributed by atoms with Crippen molar-refractivity contribution in [3.8, 4) is 11.5 Å². The highest BCUT2D eigenvalue weighted by Gasteiger charge is 2.56. The number of carbonyl (C=O) groups is 3. The van der Waals surface area contributed by atoms with Crippen molar-refractivity contribution in [2.45, 2.75) is 32.0 Å². The zero-order chi connectivity index (χ0) is 28.3. The maximum atomic E-state index is 14.0. The van der Waals surface area contributed by atoms with Gasteiger partial charge in [0, 0.05) is 24.5 Å². The quantitative estimate of drug-likeness (QED) is 0.309. The lowest BCUT2D eigenvalue weighted by atomic mass is 9.93. The molecule has 0 spiro atoms. The second-order valence-corrected chi connectivity index (χ2v) is 9.76. The van der Waals surface area contributed by atoms with E-state index < -0.39 is 17.5 Å². The Morgan fingerprint density at radius 1 is 1.10 bits per heavy atom. The van der Waals surface area contributed by atoms with E-state index in [-0.39, 0.29) is 44.5 Å². The smallest absolute Gasteiger partial charge is 0.327 e. The third-order valence-electron chi connectivity index (χ3n) is 7.08. The largest absolute Gasteiger partial charge is 0.497 e. The van der Waals surface area contributed by atoms with Gasteiger partial charge in [-0.1, -0.05) is 43.0 Å². The average molecular weight is 543 g/mol. The van der Waals surface area contributed by atoms with E-state index in [1.54, 1.807) is 32.5 Å². The number of hydrogen-bond acceptors (Lipinski definition) is 7. The van der Waals surface area contributed by atoms with Crippen molar-refractivity contribution < 1.29 is 28.6 Å². The Kier molecular flexibility index (Phi) is 7.52. The fraction of sp³-hybridized carbons (Fsp3) is 0.267. The summed E-state index contributed by atoms with van der Waals surface area (Å²) in [4.78, 5) is 47.0. The Bertz CT molecular complexity index is 1460. The molecule has 2 aliphatic rings. The molecule has 2 aliphatic heterocycles. The molecule has 1 atom stereocenters. The molecule has 40 heavy (non-hydrogen) atoms. The average Bonchev–Trinajstić information content (AvgIpc) is 3.20. The molecule has 0 aliphatic carbocycles. The number of urea groups is 1. The zero-order valence-electron chi connectivity index (χ0n) is 22.4. The molecule has 5 rings (SSSR count). The number of hydrogen-bond donors (Lipinski definition) is 1. The van der Waals surface area contributed by atoms with Crippen molar-refractivity contribution in [2.24, 2.45) is 0 Å². The fourth-order valence-electron chi connectivity index (χ4n) is 4.80. The Labute approximate surface area is 232 Å². The van der Waals surface area contributed by atoms with Crippen LogP contribution in [-0.4, -0.2) is 58.6 Å². The van der Waals surface area contributed by atoms with E-state index in [2.05, 4.69) is 16.9 Å². The number of nitrogens with zero attached hydrogens (tertiary/aromatic N) is 3. The summed E-state index contributed by atoms with van der Waals surface area (Å²) in [5.41, 5.74) is 1.66. The van der Waals surface area contributed by atoms with E-state index in [1.165, 1.54) is 4.90 Å². The molecule has 1 saturated heterocycles. The molecule has 10 heteroatoms. The summed E-state index contributed by atoms with van der Waals surface area (Å²) in [6.45, 7) is 5.87. The SMILES string of the molecule is C=C(Oc1ccncc1C)[C@]1(CN2Cc3ccc(OC)cc3CC2=O)NC(=O)N(COCc2ccccc2)C1=O. The van der Waals surface area contributed by atoms with E-state index in [1.807, 2.05) is 48.5 Å². The first-order chi connectivity index (χ1) is 19.3. The molecule has 0 radical (unpaired) electrons. The first kappa shape index (κ1) is 26.9. The predicted octanol–water partition coefficient (Wildman–Crippen LogP) is 3.34. The number of rotatable bonds is 10. The molecular formula is C30H30N4O6. The number of imide groups is 1. The van der Waals surface area contributed by atoms with Crippen molar-refractivity contribution in [3.63, 3.8) is 0 Å². The summed E-state index contributed by atoms with van der Waals surface area (Å²) in [5, 5.41) is 2.77. The third kappa shape index (κ3) is 5.26. The summed E-state index contributed by atoms with van der Waals surface area (Å²) in [6.07, 6.45) is 3.30. The van der Waals surface area contributed by atoms with Gasteiger partial charge in [0.25, 0.3) is 5.91 Å². The van der Waals surface area contributed by atoms with Crippen molar-refractivity contribution in [3.05, 3.63) is 102 Å². The Morgan fingerprint density at radius 3 is 2.65 bits per heavy atom. The van der Waals surface area contributed by atoms with E-state index in [9.17, 15) is 14.4 Å². The lowest BCUT2D eigenvalue weighted by Crippen LogP contribution is -2.59. The number of benzene rings is 2. The molecule has 1 N–H and O–H groups in total. The Hall–Kier alpha value is -4.70. The van der Waals surface area contributed by atoms with Crippen molar-refractivity contribution in [2.75, 3.05) is 20.4 Å². The van der Waals surface area contributed by atoms with Gasteiger partial charge in [0.1, 0.15) is 24.0 Å². The van der Waals surface area contributed by atoms with Gasteiger partial charge in [-0.25, -0.2) is 9.69 Å². The van der Waals surface area contributed by atoms with Gasteiger partial charge in [0.2, 0.25) is 5.91 Å². The highest BCUT2D eigenvalue weighted by molar-refractivity contribution is 6.09. The molecule has 206 valence electrons. The van der Waals surface area contributed by atoms with Crippen LogP contribution in [0.5, 0.6) is 11.5 Å². The number of nitrogens with one attached hydrogen (secondary N) is 1. The maximum Gasteiger partial charge on any atom is 0.327 e. The Balaban J connectivity index is 1.41. The molecule has 10 nitrogen and oxygen atoms in total.